The highest BCUT2D eigenvalue weighted by Gasteiger charge is 2.26. The molecule has 1 unspecified atom stereocenters. The number of nitrogens with two attached hydrogens (primary N) is 2. The van der Waals surface area contributed by atoms with Gasteiger partial charge in [0.15, 0.2) is 6.23 Å². The van der Waals surface area contributed by atoms with Crippen LogP contribution in [0.1, 0.15) is 5.56 Å². The minimum absolute atomic E-state index is 0.264. The summed E-state index contributed by atoms with van der Waals surface area (Å²) in [7, 11) is 0. The second-order valence-electron chi connectivity index (χ2n) is 4.60. The summed E-state index contributed by atoms with van der Waals surface area (Å²) in [6.07, 6.45) is 1.55. The molecule has 5 heteroatoms. The maximum absolute atomic E-state index is 13.2. The fraction of sp³-hybridized carbons (Fsp3) is 0.214. The molecule has 1 aliphatic heterocycles. The molecular formula is C14H14FN3O. The normalized spacial score (nSPS) is 21.6. The Kier molecular flexibility index (Phi) is 2.93. The van der Waals surface area contributed by atoms with E-state index in [4.69, 9.17) is 16.2 Å². The molecule has 0 saturated carbocycles. The molecule has 4 nitrogen and oxygen atoms in total. The van der Waals surface area contributed by atoms with Gasteiger partial charge in [-0.2, -0.15) is 4.39 Å². The summed E-state index contributed by atoms with van der Waals surface area (Å²) in [6.45, 7) is 0. The molecule has 3 rings (SSSR count). The molecule has 0 bridgehead atoms. The second kappa shape index (κ2) is 4.60. The number of fused-ring (bicyclic) bond motifs is 1. The van der Waals surface area contributed by atoms with Gasteiger partial charge in [-0.3, -0.25) is 5.73 Å². The molecule has 1 aromatic carbocycles. The highest BCUT2D eigenvalue weighted by atomic mass is 19.1. The molecular weight excluding hydrogens is 245 g/mol. The van der Waals surface area contributed by atoms with E-state index in [1.54, 1.807) is 6.07 Å². The Morgan fingerprint density at radius 2 is 2.11 bits per heavy atom. The summed E-state index contributed by atoms with van der Waals surface area (Å²) in [5, 5.41) is 0. The summed E-state index contributed by atoms with van der Waals surface area (Å²) in [5.41, 5.74) is 14.3. The summed E-state index contributed by atoms with van der Waals surface area (Å²) in [6, 6.07) is 8.52. The van der Waals surface area contributed by atoms with E-state index in [0.29, 0.717) is 12.2 Å². The van der Waals surface area contributed by atoms with Crippen molar-refractivity contribution in [3.63, 3.8) is 0 Å². The van der Waals surface area contributed by atoms with E-state index in [2.05, 4.69) is 4.98 Å². The van der Waals surface area contributed by atoms with Crippen LogP contribution in [0.4, 0.5) is 4.39 Å². The molecule has 2 aromatic rings. The summed E-state index contributed by atoms with van der Waals surface area (Å²) >= 11 is 0. The van der Waals surface area contributed by atoms with Crippen LogP contribution < -0.4 is 16.2 Å². The van der Waals surface area contributed by atoms with E-state index in [9.17, 15) is 4.39 Å². The van der Waals surface area contributed by atoms with Crippen LogP contribution in [0.15, 0.2) is 36.5 Å². The summed E-state index contributed by atoms with van der Waals surface area (Å²) < 4.78 is 18.8. The van der Waals surface area contributed by atoms with E-state index < -0.39 is 12.2 Å². The Morgan fingerprint density at radius 3 is 2.89 bits per heavy atom. The molecule has 0 spiro atoms. The number of pyridine rings is 1. The smallest absolute Gasteiger partial charge is 0.213 e. The van der Waals surface area contributed by atoms with Crippen molar-refractivity contribution in [2.45, 2.75) is 18.7 Å². The number of benzene rings is 1. The van der Waals surface area contributed by atoms with E-state index in [1.165, 1.54) is 12.3 Å². The van der Waals surface area contributed by atoms with Gasteiger partial charge in [-0.05, 0) is 29.7 Å². The number of halogens is 1. The van der Waals surface area contributed by atoms with Crippen LogP contribution in [0.3, 0.4) is 0 Å². The number of rotatable bonds is 1. The Morgan fingerprint density at radius 1 is 1.26 bits per heavy atom. The Hall–Kier alpha value is -1.98. The first-order valence-corrected chi connectivity index (χ1v) is 6.07. The third-order valence-corrected chi connectivity index (χ3v) is 3.30. The molecule has 0 fully saturated rings. The molecule has 0 saturated heterocycles. The van der Waals surface area contributed by atoms with Crippen molar-refractivity contribution in [2.24, 2.45) is 11.5 Å². The monoisotopic (exact) mass is 259 g/mol. The van der Waals surface area contributed by atoms with Gasteiger partial charge in [0, 0.05) is 17.8 Å². The van der Waals surface area contributed by atoms with E-state index in [1.807, 2.05) is 18.2 Å². The third kappa shape index (κ3) is 2.18. The van der Waals surface area contributed by atoms with Gasteiger partial charge in [0.05, 0.1) is 6.04 Å². The van der Waals surface area contributed by atoms with Gasteiger partial charge in [0.25, 0.3) is 0 Å². The minimum atomic E-state index is -0.507. The largest absolute Gasteiger partial charge is 0.474 e. The van der Waals surface area contributed by atoms with Crippen LogP contribution in [0.5, 0.6) is 5.75 Å². The number of aromatic nitrogens is 1. The molecule has 0 amide bonds. The summed E-state index contributed by atoms with van der Waals surface area (Å²) in [5.74, 6) is 0.205. The zero-order chi connectivity index (χ0) is 13.4. The van der Waals surface area contributed by atoms with Crippen LogP contribution in [0, 0.1) is 5.95 Å². The van der Waals surface area contributed by atoms with E-state index in [-0.39, 0.29) is 6.04 Å². The number of hydrogen-bond donors (Lipinski definition) is 2. The minimum Gasteiger partial charge on any atom is -0.474 e. The Bertz CT molecular complexity index is 617. The van der Waals surface area contributed by atoms with Gasteiger partial charge >= 0.3 is 0 Å². The van der Waals surface area contributed by atoms with Crippen LogP contribution in [0.2, 0.25) is 0 Å². The zero-order valence-corrected chi connectivity index (χ0v) is 10.2. The maximum atomic E-state index is 13.2. The van der Waals surface area contributed by atoms with Crippen molar-refractivity contribution in [2.75, 3.05) is 0 Å². The Balaban J connectivity index is 2.11. The second-order valence-corrected chi connectivity index (χ2v) is 4.60. The summed E-state index contributed by atoms with van der Waals surface area (Å²) in [4.78, 5) is 3.56. The molecule has 2 heterocycles. The molecule has 98 valence electrons. The molecule has 19 heavy (non-hydrogen) atoms. The number of ether oxygens (including phenoxy) is 1. The van der Waals surface area contributed by atoms with Gasteiger partial charge in [-0.15, -0.1) is 0 Å². The quantitative estimate of drug-likeness (QED) is 0.760. The average Bonchev–Trinajstić information content (AvgIpc) is 2.39. The standard InChI is InChI=1S/C14H14FN3O/c15-13-6-8(4-5-18-13)9-2-1-3-12-10(9)7-11(16)14(17)19-12/h1-6,11,14H,7,16-17H2/t11-,14?/m0/s1. The highest BCUT2D eigenvalue weighted by Crippen LogP contribution is 2.34. The van der Waals surface area contributed by atoms with E-state index in [0.717, 1.165) is 16.7 Å². The zero-order valence-electron chi connectivity index (χ0n) is 10.2. The van der Waals surface area contributed by atoms with Gasteiger partial charge in [-0.1, -0.05) is 12.1 Å². The lowest BCUT2D eigenvalue weighted by molar-refractivity contribution is 0.158. The molecule has 0 aliphatic carbocycles. The maximum Gasteiger partial charge on any atom is 0.213 e. The van der Waals surface area contributed by atoms with Crippen molar-refractivity contribution in [3.05, 3.63) is 48.0 Å². The molecule has 1 aromatic heterocycles. The molecule has 1 aliphatic rings. The first-order valence-electron chi connectivity index (χ1n) is 6.07. The Labute approximate surface area is 110 Å². The lowest BCUT2D eigenvalue weighted by atomic mass is 9.93. The fourth-order valence-electron chi connectivity index (χ4n) is 2.31. The molecule has 4 N–H and O–H groups in total. The van der Waals surface area contributed by atoms with Crippen LogP contribution in [-0.4, -0.2) is 17.3 Å². The lowest BCUT2D eigenvalue weighted by Gasteiger charge is -2.30. The van der Waals surface area contributed by atoms with Crippen molar-refractivity contribution in [1.82, 2.24) is 4.98 Å². The van der Waals surface area contributed by atoms with Crippen molar-refractivity contribution >= 4 is 0 Å². The predicted molar refractivity (Wildman–Crippen MR) is 69.9 cm³/mol. The molecule has 0 radical (unpaired) electrons. The van der Waals surface area contributed by atoms with Crippen LogP contribution in [0.25, 0.3) is 11.1 Å². The van der Waals surface area contributed by atoms with Gasteiger partial charge in [0.1, 0.15) is 5.75 Å². The van der Waals surface area contributed by atoms with Crippen molar-refractivity contribution < 1.29 is 9.13 Å². The first-order chi connectivity index (χ1) is 9.15. The van der Waals surface area contributed by atoms with Crippen molar-refractivity contribution in [3.8, 4) is 16.9 Å². The number of hydrogen-bond acceptors (Lipinski definition) is 4. The number of nitrogens with zero attached hydrogens (tertiary/aromatic N) is 1. The predicted octanol–water partition coefficient (Wildman–Crippen LogP) is 1.43. The average molecular weight is 259 g/mol. The topological polar surface area (TPSA) is 74.2 Å². The van der Waals surface area contributed by atoms with Gasteiger partial charge < -0.3 is 10.5 Å². The van der Waals surface area contributed by atoms with Crippen molar-refractivity contribution in [1.29, 1.82) is 0 Å². The lowest BCUT2D eigenvalue weighted by Crippen LogP contribution is -2.49. The van der Waals surface area contributed by atoms with Crippen LogP contribution >= 0.6 is 0 Å². The SMILES string of the molecule is NC1Oc2cccc(-c3ccnc(F)c3)c2C[C@@H]1N. The van der Waals surface area contributed by atoms with E-state index >= 15 is 0 Å². The highest BCUT2D eigenvalue weighted by molar-refractivity contribution is 5.70. The van der Waals surface area contributed by atoms with Gasteiger partial charge in [0.2, 0.25) is 5.95 Å². The third-order valence-electron chi connectivity index (χ3n) is 3.30. The van der Waals surface area contributed by atoms with Crippen LogP contribution in [-0.2, 0) is 6.42 Å². The fourth-order valence-corrected chi connectivity index (χ4v) is 2.31. The van der Waals surface area contributed by atoms with Gasteiger partial charge in [-0.25, -0.2) is 4.98 Å². The first kappa shape index (κ1) is 12.1. The molecule has 2 atom stereocenters.